The van der Waals surface area contributed by atoms with Crippen molar-refractivity contribution >= 4 is 0 Å². The van der Waals surface area contributed by atoms with Crippen LogP contribution >= 0.6 is 0 Å². The highest BCUT2D eigenvalue weighted by atomic mass is 19.1. The fourth-order valence-corrected chi connectivity index (χ4v) is 2.80. The van der Waals surface area contributed by atoms with E-state index < -0.39 is 0 Å². The average Bonchev–Trinajstić information content (AvgIpc) is 2.56. The van der Waals surface area contributed by atoms with E-state index in [-0.39, 0.29) is 11.9 Å². The molecule has 0 radical (unpaired) electrons. The predicted molar refractivity (Wildman–Crippen MR) is 84.1 cm³/mol. The van der Waals surface area contributed by atoms with Gasteiger partial charge in [0.1, 0.15) is 12.4 Å². The van der Waals surface area contributed by atoms with E-state index in [2.05, 4.69) is 11.4 Å². The van der Waals surface area contributed by atoms with Crippen LogP contribution in [-0.2, 0) is 12.8 Å². The van der Waals surface area contributed by atoms with Gasteiger partial charge in [-0.3, -0.25) is 0 Å². The lowest BCUT2D eigenvalue weighted by atomic mass is 10.0. The summed E-state index contributed by atoms with van der Waals surface area (Å²) in [6, 6.07) is 13.1. The molecular weight excluding hydrogens is 281 g/mol. The van der Waals surface area contributed by atoms with Gasteiger partial charge in [0, 0.05) is 6.04 Å². The fourth-order valence-electron chi connectivity index (χ4n) is 2.80. The van der Waals surface area contributed by atoms with Crippen LogP contribution in [0.3, 0.4) is 0 Å². The van der Waals surface area contributed by atoms with Crippen LogP contribution in [0.4, 0.5) is 4.39 Å². The van der Waals surface area contributed by atoms with Gasteiger partial charge in [0.05, 0.1) is 7.11 Å². The van der Waals surface area contributed by atoms with E-state index in [1.54, 1.807) is 13.2 Å². The minimum Gasteiger partial charge on any atom is -0.493 e. The summed E-state index contributed by atoms with van der Waals surface area (Å²) in [5, 5.41) is 3.44. The molecule has 3 nitrogen and oxygen atoms in total. The molecule has 0 unspecified atom stereocenters. The van der Waals surface area contributed by atoms with E-state index in [1.807, 2.05) is 24.3 Å². The number of hydrogen-bond acceptors (Lipinski definition) is 3. The van der Waals surface area contributed by atoms with E-state index in [0.717, 1.165) is 35.6 Å². The lowest BCUT2D eigenvalue weighted by Gasteiger charge is -2.27. The molecule has 1 aliphatic heterocycles. The number of fused-ring (bicyclic) bond motifs is 1. The molecule has 1 heterocycles. The summed E-state index contributed by atoms with van der Waals surface area (Å²) in [5.41, 5.74) is 1.89. The van der Waals surface area contributed by atoms with Crippen LogP contribution < -0.4 is 14.8 Å². The number of hydrogen-bond donors (Lipinski definition) is 1. The van der Waals surface area contributed by atoms with Crippen molar-refractivity contribution in [2.45, 2.75) is 18.9 Å². The molecule has 0 amide bonds. The van der Waals surface area contributed by atoms with Gasteiger partial charge < -0.3 is 14.8 Å². The van der Waals surface area contributed by atoms with Crippen LogP contribution in [0.5, 0.6) is 11.5 Å². The van der Waals surface area contributed by atoms with Crippen molar-refractivity contribution in [2.24, 2.45) is 0 Å². The van der Waals surface area contributed by atoms with Crippen LogP contribution in [-0.4, -0.2) is 26.3 Å². The van der Waals surface area contributed by atoms with Gasteiger partial charge in [-0.1, -0.05) is 30.3 Å². The average molecular weight is 301 g/mol. The Balaban J connectivity index is 1.56. The monoisotopic (exact) mass is 301 g/mol. The van der Waals surface area contributed by atoms with Gasteiger partial charge in [-0.05, 0) is 42.6 Å². The smallest absolute Gasteiger partial charge is 0.164 e. The summed E-state index contributed by atoms with van der Waals surface area (Å²) in [6.45, 7) is 1.33. The summed E-state index contributed by atoms with van der Waals surface area (Å²) >= 11 is 0. The van der Waals surface area contributed by atoms with Crippen LogP contribution in [0, 0.1) is 5.82 Å². The predicted octanol–water partition coefficient (Wildman–Crippen LogP) is 2.97. The second-order valence-corrected chi connectivity index (χ2v) is 5.46. The number of ether oxygens (including phenoxy) is 2. The van der Waals surface area contributed by atoms with Crippen LogP contribution in [0.15, 0.2) is 42.5 Å². The van der Waals surface area contributed by atoms with Crippen molar-refractivity contribution in [2.75, 3.05) is 20.3 Å². The Bertz CT molecular complexity index is 645. The molecule has 2 aromatic carbocycles. The van der Waals surface area contributed by atoms with Crippen LogP contribution in [0.25, 0.3) is 0 Å². The quantitative estimate of drug-likeness (QED) is 0.921. The zero-order chi connectivity index (χ0) is 15.4. The Morgan fingerprint density at radius 2 is 2.09 bits per heavy atom. The first-order valence-electron chi connectivity index (χ1n) is 7.53. The minimum atomic E-state index is -0.140. The van der Waals surface area contributed by atoms with E-state index in [9.17, 15) is 4.39 Å². The number of rotatable bonds is 5. The van der Waals surface area contributed by atoms with Gasteiger partial charge in [-0.25, -0.2) is 4.39 Å². The molecule has 0 aromatic heterocycles. The summed E-state index contributed by atoms with van der Waals surface area (Å²) in [5.74, 6) is 1.48. The highest BCUT2D eigenvalue weighted by Crippen LogP contribution is 2.34. The first-order valence-corrected chi connectivity index (χ1v) is 7.53. The Kier molecular flexibility index (Phi) is 4.59. The van der Waals surface area contributed by atoms with Gasteiger partial charge in [0.25, 0.3) is 0 Å². The Labute approximate surface area is 130 Å². The number of halogens is 1. The second kappa shape index (κ2) is 6.79. The molecule has 0 saturated carbocycles. The van der Waals surface area contributed by atoms with Crippen molar-refractivity contribution in [3.63, 3.8) is 0 Å². The maximum absolute atomic E-state index is 13.6. The van der Waals surface area contributed by atoms with Crippen molar-refractivity contribution in [3.8, 4) is 11.5 Å². The molecule has 0 saturated heterocycles. The number of benzene rings is 2. The molecule has 116 valence electrons. The molecule has 1 aliphatic rings. The summed E-state index contributed by atoms with van der Waals surface area (Å²) in [4.78, 5) is 0. The molecular formula is C18H20FNO2. The molecule has 22 heavy (non-hydrogen) atoms. The van der Waals surface area contributed by atoms with Crippen LogP contribution in [0.1, 0.15) is 11.1 Å². The van der Waals surface area contributed by atoms with Crippen molar-refractivity contribution in [1.29, 1.82) is 0 Å². The second-order valence-electron chi connectivity index (χ2n) is 5.46. The minimum absolute atomic E-state index is 0.140. The first kappa shape index (κ1) is 14.9. The van der Waals surface area contributed by atoms with Gasteiger partial charge in [0.15, 0.2) is 11.5 Å². The zero-order valence-corrected chi connectivity index (χ0v) is 12.6. The molecule has 0 bridgehead atoms. The lowest BCUT2D eigenvalue weighted by molar-refractivity contribution is 0.228. The standard InChI is InChI=1S/C18H20FNO2/c1-21-17-8-4-6-14-11-15(12-22-18(14)17)20-10-9-13-5-2-3-7-16(13)19/h2-8,15,20H,9-12H2,1H3/t15-/m1/s1. The molecule has 0 fully saturated rings. The van der Waals surface area contributed by atoms with E-state index >= 15 is 0 Å². The van der Waals surface area contributed by atoms with Gasteiger partial charge >= 0.3 is 0 Å². The van der Waals surface area contributed by atoms with Crippen molar-refractivity contribution in [3.05, 3.63) is 59.4 Å². The number of nitrogens with one attached hydrogen (secondary N) is 1. The maximum atomic E-state index is 13.6. The molecule has 0 aliphatic carbocycles. The van der Waals surface area contributed by atoms with Gasteiger partial charge in [-0.2, -0.15) is 0 Å². The van der Waals surface area contributed by atoms with E-state index in [1.165, 1.54) is 6.07 Å². The third-order valence-corrected chi connectivity index (χ3v) is 3.96. The van der Waals surface area contributed by atoms with Gasteiger partial charge in [-0.15, -0.1) is 0 Å². The Hall–Kier alpha value is -2.07. The first-order chi connectivity index (χ1) is 10.8. The highest BCUT2D eigenvalue weighted by molar-refractivity contribution is 5.48. The molecule has 1 N–H and O–H groups in total. The summed E-state index contributed by atoms with van der Waals surface area (Å²) in [7, 11) is 1.65. The highest BCUT2D eigenvalue weighted by Gasteiger charge is 2.22. The van der Waals surface area contributed by atoms with E-state index in [0.29, 0.717) is 13.0 Å². The molecule has 1 atom stereocenters. The van der Waals surface area contributed by atoms with Gasteiger partial charge in [0.2, 0.25) is 0 Å². The van der Waals surface area contributed by atoms with Crippen LogP contribution in [0.2, 0.25) is 0 Å². The van der Waals surface area contributed by atoms with Crippen molar-refractivity contribution in [1.82, 2.24) is 5.32 Å². The largest absolute Gasteiger partial charge is 0.493 e. The number of para-hydroxylation sites is 1. The normalized spacial score (nSPS) is 16.7. The SMILES string of the molecule is COc1cccc2c1OC[C@H](NCCc1ccccc1F)C2. The molecule has 2 aromatic rings. The number of methoxy groups -OCH3 is 1. The molecule has 4 heteroatoms. The zero-order valence-electron chi connectivity index (χ0n) is 12.6. The topological polar surface area (TPSA) is 30.5 Å². The third kappa shape index (κ3) is 3.22. The fraction of sp³-hybridized carbons (Fsp3) is 0.333. The maximum Gasteiger partial charge on any atom is 0.164 e. The summed E-state index contributed by atoms with van der Waals surface area (Å²) < 4.78 is 24.7. The van der Waals surface area contributed by atoms with E-state index in [4.69, 9.17) is 9.47 Å². The molecule has 0 spiro atoms. The Morgan fingerprint density at radius 3 is 2.91 bits per heavy atom. The van der Waals surface area contributed by atoms with Crippen molar-refractivity contribution < 1.29 is 13.9 Å². The molecule has 3 rings (SSSR count). The Morgan fingerprint density at radius 1 is 1.23 bits per heavy atom. The summed E-state index contributed by atoms with van der Waals surface area (Å²) in [6.07, 6.45) is 1.57. The third-order valence-electron chi connectivity index (χ3n) is 3.96. The lowest BCUT2D eigenvalue weighted by Crippen LogP contribution is -2.40.